The lowest BCUT2D eigenvalue weighted by atomic mass is 10.0. The molecule has 2 heterocycles. The Labute approximate surface area is 117 Å². The molecule has 1 saturated heterocycles. The van der Waals surface area contributed by atoms with Crippen molar-refractivity contribution in [3.63, 3.8) is 0 Å². The van der Waals surface area contributed by atoms with Gasteiger partial charge in [-0.1, -0.05) is 0 Å². The van der Waals surface area contributed by atoms with Crippen molar-refractivity contribution in [2.75, 3.05) is 18.4 Å². The van der Waals surface area contributed by atoms with E-state index in [1.807, 2.05) is 0 Å². The lowest BCUT2D eigenvalue weighted by Crippen LogP contribution is -2.24. The van der Waals surface area contributed by atoms with Gasteiger partial charge in [0, 0.05) is 11.4 Å². The summed E-state index contributed by atoms with van der Waals surface area (Å²) >= 11 is 1.66. The predicted octanol–water partition coefficient (Wildman–Crippen LogP) is 1.99. The number of hydrogen-bond acceptors (Lipinski definition) is 4. The third kappa shape index (κ3) is 2.84. The molecule has 0 radical (unpaired) electrons. The largest absolute Gasteiger partial charge is 0.316 e. The number of rotatable bonds is 2. The number of nitrogens with one attached hydrogen (secondary N) is 2. The normalized spacial score (nSPS) is 22.1. The molecule has 2 aliphatic rings. The van der Waals surface area contributed by atoms with Crippen LogP contribution in [0.3, 0.4) is 0 Å². The minimum Gasteiger partial charge on any atom is -0.316 e. The summed E-state index contributed by atoms with van der Waals surface area (Å²) in [4.78, 5) is 17.8. The summed E-state index contributed by atoms with van der Waals surface area (Å²) in [5, 5.41) is 6.98. The minimum absolute atomic E-state index is 0. The van der Waals surface area contributed by atoms with Crippen molar-refractivity contribution in [3.05, 3.63) is 10.6 Å². The first-order valence-electron chi connectivity index (χ1n) is 6.33. The van der Waals surface area contributed by atoms with Crippen LogP contribution in [0.1, 0.15) is 29.8 Å². The molecule has 1 atom stereocenters. The molecule has 1 aromatic rings. The van der Waals surface area contributed by atoms with Gasteiger partial charge in [0.25, 0.3) is 0 Å². The summed E-state index contributed by atoms with van der Waals surface area (Å²) in [5.74, 6) is 0.247. The van der Waals surface area contributed by atoms with Crippen LogP contribution in [0.2, 0.25) is 0 Å². The molecule has 2 N–H and O–H groups in total. The molecular formula is C12H18ClN3OS. The first-order chi connectivity index (χ1) is 8.33. The van der Waals surface area contributed by atoms with Crippen LogP contribution < -0.4 is 10.6 Å². The van der Waals surface area contributed by atoms with E-state index in [1.54, 1.807) is 11.3 Å². The molecule has 1 aliphatic heterocycles. The Kier molecular flexibility index (Phi) is 4.59. The Morgan fingerprint density at radius 2 is 2.22 bits per heavy atom. The zero-order valence-corrected chi connectivity index (χ0v) is 11.8. The third-order valence-electron chi connectivity index (χ3n) is 3.51. The van der Waals surface area contributed by atoms with Crippen molar-refractivity contribution >= 4 is 34.8 Å². The molecule has 3 rings (SSSR count). The summed E-state index contributed by atoms with van der Waals surface area (Å²) < 4.78 is 0. The average Bonchev–Trinajstić information content (AvgIpc) is 2.97. The van der Waals surface area contributed by atoms with Crippen molar-refractivity contribution in [3.8, 4) is 0 Å². The van der Waals surface area contributed by atoms with E-state index < -0.39 is 0 Å². The fourth-order valence-corrected chi connectivity index (χ4v) is 3.54. The molecule has 0 spiro atoms. The lowest BCUT2D eigenvalue weighted by molar-refractivity contribution is -0.119. The molecule has 1 unspecified atom stereocenters. The van der Waals surface area contributed by atoms with Crippen LogP contribution in [0.25, 0.3) is 0 Å². The number of hydrogen-bond donors (Lipinski definition) is 2. The maximum atomic E-state index is 11.9. The number of amides is 1. The first-order valence-corrected chi connectivity index (χ1v) is 7.15. The molecule has 0 saturated carbocycles. The van der Waals surface area contributed by atoms with Crippen LogP contribution in [0.5, 0.6) is 0 Å². The number of aromatic nitrogens is 1. The lowest BCUT2D eigenvalue weighted by Gasteiger charge is -2.06. The van der Waals surface area contributed by atoms with E-state index in [0.717, 1.165) is 37.5 Å². The first kappa shape index (κ1) is 13.8. The van der Waals surface area contributed by atoms with Crippen LogP contribution >= 0.6 is 23.7 Å². The number of aryl methyl sites for hydroxylation is 2. The number of fused-ring (bicyclic) bond motifs is 1. The van der Waals surface area contributed by atoms with Gasteiger partial charge >= 0.3 is 0 Å². The number of carbonyl (C=O) groups is 1. The number of carbonyl (C=O) groups excluding carboxylic acids is 1. The van der Waals surface area contributed by atoms with Crippen molar-refractivity contribution < 1.29 is 4.79 Å². The van der Waals surface area contributed by atoms with E-state index in [0.29, 0.717) is 0 Å². The van der Waals surface area contributed by atoms with Crippen LogP contribution in [0, 0.1) is 5.92 Å². The number of anilines is 1. The summed E-state index contributed by atoms with van der Waals surface area (Å²) in [7, 11) is 0. The van der Waals surface area contributed by atoms with Crippen LogP contribution in [-0.4, -0.2) is 24.0 Å². The highest BCUT2D eigenvalue weighted by Gasteiger charge is 2.24. The van der Waals surface area contributed by atoms with Gasteiger partial charge in [-0.15, -0.1) is 23.7 Å². The minimum atomic E-state index is 0. The second-order valence-corrected chi connectivity index (χ2v) is 5.86. The SMILES string of the molecule is Cl.O=C(Nc1nc2c(s1)CCCC2)C1CCNC1. The molecule has 4 nitrogen and oxygen atoms in total. The van der Waals surface area contributed by atoms with E-state index in [-0.39, 0.29) is 24.2 Å². The summed E-state index contributed by atoms with van der Waals surface area (Å²) in [6.45, 7) is 1.75. The van der Waals surface area contributed by atoms with Gasteiger partial charge < -0.3 is 10.6 Å². The van der Waals surface area contributed by atoms with Crippen molar-refractivity contribution in [1.29, 1.82) is 0 Å². The van der Waals surface area contributed by atoms with E-state index in [4.69, 9.17) is 0 Å². The highest BCUT2D eigenvalue weighted by molar-refractivity contribution is 7.15. The van der Waals surface area contributed by atoms with Crippen molar-refractivity contribution in [2.45, 2.75) is 32.1 Å². The summed E-state index contributed by atoms with van der Waals surface area (Å²) in [6.07, 6.45) is 5.64. The molecule has 1 fully saturated rings. The van der Waals surface area contributed by atoms with Gasteiger partial charge in [-0.3, -0.25) is 4.79 Å². The zero-order valence-electron chi connectivity index (χ0n) is 10.2. The average molecular weight is 288 g/mol. The van der Waals surface area contributed by atoms with Gasteiger partial charge in [0.2, 0.25) is 5.91 Å². The van der Waals surface area contributed by atoms with Crippen LogP contribution in [0.15, 0.2) is 0 Å². The zero-order chi connectivity index (χ0) is 11.7. The number of nitrogens with zero attached hydrogens (tertiary/aromatic N) is 1. The van der Waals surface area contributed by atoms with E-state index in [1.165, 1.54) is 23.4 Å². The van der Waals surface area contributed by atoms with E-state index in [2.05, 4.69) is 15.6 Å². The third-order valence-corrected chi connectivity index (χ3v) is 4.58. The summed E-state index contributed by atoms with van der Waals surface area (Å²) in [5.41, 5.74) is 1.21. The Hall–Kier alpha value is -0.650. The highest BCUT2D eigenvalue weighted by atomic mass is 35.5. The number of thiazole rings is 1. The standard InChI is InChI=1S/C12H17N3OS.ClH/c16-11(8-5-6-13-7-8)15-12-14-9-3-1-2-4-10(9)17-12;/h8,13H,1-7H2,(H,14,15,16);1H. The molecular weight excluding hydrogens is 270 g/mol. The molecule has 18 heavy (non-hydrogen) atoms. The van der Waals surface area contributed by atoms with Crippen LogP contribution in [0.4, 0.5) is 5.13 Å². The molecule has 1 aliphatic carbocycles. The Morgan fingerprint density at radius 3 is 2.94 bits per heavy atom. The quantitative estimate of drug-likeness (QED) is 0.875. The van der Waals surface area contributed by atoms with Crippen molar-refractivity contribution in [2.24, 2.45) is 5.92 Å². The van der Waals surface area contributed by atoms with Gasteiger partial charge in [0.05, 0.1) is 11.6 Å². The monoisotopic (exact) mass is 287 g/mol. The Morgan fingerprint density at radius 1 is 1.39 bits per heavy atom. The maximum Gasteiger partial charge on any atom is 0.230 e. The summed E-state index contributed by atoms with van der Waals surface area (Å²) in [6, 6.07) is 0. The second-order valence-electron chi connectivity index (χ2n) is 4.77. The van der Waals surface area contributed by atoms with Crippen LogP contribution in [-0.2, 0) is 17.6 Å². The molecule has 1 aromatic heterocycles. The molecule has 0 bridgehead atoms. The van der Waals surface area contributed by atoms with Gasteiger partial charge in [0.15, 0.2) is 5.13 Å². The van der Waals surface area contributed by atoms with Gasteiger partial charge in [-0.05, 0) is 38.6 Å². The van der Waals surface area contributed by atoms with Crippen molar-refractivity contribution in [1.82, 2.24) is 10.3 Å². The topological polar surface area (TPSA) is 54.0 Å². The molecule has 100 valence electrons. The van der Waals surface area contributed by atoms with Gasteiger partial charge in [-0.25, -0.2) is 4.98 Å². The van der Waals surface area contributed by atoms with Gasteiger partial charge in [-0.2, -0.15) is 0 Å². The Balaban J connectivity index is 0.00000120. The fourth-order valence-electron chi connectivity index (χ4n) is 2.49. The van der Waals surface area contributed by atoms with E-state index >= 15 is 0 Å². The maximum absolute atomic E-state index is 11.9. The highest BCUT2D eigenvalue weighted by Crippen LogP contribution is 2.29. The number of halogens is 1. The molecule has 6 heteroatoms. The molecule has 1 amide bonds. The van der Waals surface area contributed by atoms with E-state index in [9.17, 15) is 4.79 Å². The smallest absolute Gasteiger partial charge is 0.230 e. The van der Waals surface area contributed by atoms with Gasteiger partial charge in [0.1, 0.15) is 0 Å². The predicted molar refractivity (Wildman–Crippen MR) is 75.6 cm³/mol. The fraction of sp³-hybridized carbons (Fsp3) is 0.667. The Bertz CT molecular complexity index is 405. The molecule has 0 aromatic carbocycles. The second kappa shape index (κ2) is 5.99.